The summed E-state index contributed by atoms with van der Waals surface area (Å²) >= 11 is 0. The summed E-state index contributed by atoms with van der Waals surface area (Å²) in [6.45, 7) is 3.36. The van der Waals surface area contributed by atoms with Gasteiger partial charge in [-0.2, -0.15) is 0 Å². The molecule has 3 rings (SSSR count). The van der Waals surface area contributed by atoms with Crippen LogP contribution in [0.15, 0.2) is 18.2 Å². The van der Waals surface area contributed by atoms with Gasteiger partial charge in [-0.1, -0.05) is 32.1 Å². The van der Waals surface area contributed by atoms with Crippen molar-refractivity contribution in [2.45, 2.75) is 57.4 Å². The number of carbonyl (C=O) groups is 1. The van der Waals surface area contributed by atoms with E-state index >= 15 is 0 Å². The summed E-state index contributed by atoms with van der Waals surface area (Å²) in [7, 11) is 0. The number of aliphatic hydroxyl groups excluding tert-OH is 1. The normalized spacial score (nSPS) is 22.1. The summed E-state index contributed by atoms with van der Waals surface area (Å²) in [5, 5.41) is 12.8. The highest BCUT2D eigenvalue weighted by molar-refractivity contribution is 5.93. The number of aromatic nitrogens is 2. The Labute approximate surface area is 161 Å². The van der Waals surface area contributed by atoms with Crippen LogP contribution < -0.4 is 11.1 Å². The van der Waals surface area contributed by atoms with Crippen LogP contribution in [0, 0.1) is 5.92 Å². The third kappa shape index (κ3) is 6.20. The Morgan fingerprint density at radius 1 is 1.26 bits per heavy atom. The lowest BCUT2D eigenvalue weighted by Crippen LogP contribution is -2.27. The van der Waals surface area contributed by atoms with Crippen LogP contribution in [0.4, 0.5) is 5.82 Å². The van der Waals surface area contributed by atoms with Gasteiger partial charge in [-0.05, 0) is 31.7 Å². The Morgan fingerprint density at radius 2 is 2.07 bits per heavy atom. The molecule has 2 fully saturated rings. The highest BCUT2D eigenvalue weighted by Gasteiger charge is 2.22. The number of amides is 1. The highest BCUT2D eigenvalue weighted by Crippen LogP contribution is 2.27. The number of hydrogen-bond donors (Lipinski definition) is 3. The van der Waals surface area contributed by atoms with Crippen molar-refractivity contribution in [1.82, 2.24) is 14.9 Å². The lowest BCUT2D eigenvalue weighted by molar-refractivity contribution is -0.116. The number of likely N-dealkylation sites (tertiary alicyclic amines) is 1. The molecule has 2 aliphatic rings. The molecule has 0 bridgehead atoms. The molecule has 7 nitrogen and oxygen atoms in total. The molecule has 1 atom stereocenters. The number of aliphatic hydroxyl groups is 1. The molecule has 1 aliphatic heterocycles. The summed E-state index contributed by atoms with van der Waals surface area (Å²) in [4.78, 5) is 21.9. The molecular formula is C20H31N5O2. The average molecular weight is 374 g/mol. The second-order valence-electron chi connectivity index (χ2n) is 7.80. The number of hydrogen-bond acceptors (Lipinski definition) is 6. The fourth-order valence-corrected chi connectivity index (χ4v) is 4.14. The molecule has 1 saturated carbocycles. The third-order valence-corrected chi connectivity index (χ3v) is 5.64. The molecule has 4 N–H and O–H groups in total. The van der Waals surface area contributed by atoms with Gasteiger partial charge in [0.2, 0.25) is 0 Å². The molecule has 0 radical (unpaired) electrons. The fraction of sp³-hybridized carbons (Fsp3) is 0.650. The molecule has 148 valence electrons. The van der Waals surface area contributed by atoms with Gasteiger partial charge in [0, 0.05) is 25.2 Å². The van der Waals surface area contributed by atoms with E-state index in [0.29, 0.717) is 17.6 Å². The van der Waals surface area contributed by atoms with E-state index in [4.69, 9.17) is 5.73 Å². The lowest BCUT2D eigenvalue weighted by atomic mass is 9.86. The van der Waals surface area contributed by atoms with E-state index < -0.39 is 11.7 Å². The van der Waals surface area contributed by atoms with Gasteiger partial charge in [-0.15, -0.1) is 0 Å². The molecule has 1 aromatic rings. The van der Waals surface area contributed by atoms with Gasteiger partial charge < -0.3 is 21.1 Å². The van der Waals surface area contributed by atoms with E-state index in [1.165, 1.54) is 63.8 Å². The summed E-state index contributed by atoms with van der Waals surface area (Å²) in [5.74, 6) is 0.269. The molecule has 0 spiro atoms. The van der Waals surface area contributed by atoms with Gasteiger partial charge in [-0.3, -0.25) is 9.78 Å². The van der Waals surface area contributed by atoms with Crippen LogP contribution in [0.1, 0.15) is 57.1 Å². The van der Waals surface area contributed by atoms with Crippen molar-refractivity contribution in [2.75, 3.05) is 25.0 Å². The van der Waals surface area contributed by atoms with Gasteiger partial charge >= 0.3 is 0 Å². The quantitative estimate of drug-likeness (QED) is 0.478. The van der Waals surface area contributed by atoms with E-state index in [2.05, 4.69) is 20.2 Å². The summed E-state index contributed by atoms with van der Waals surface area (Å²) in [6, 6.07) is 0.384. The smallest absolute Gasteiger partial charge is 0.283 e. The monoisotopic (exact) mass is 373 g/mol. The Hall–Kier alpha value is -2.15. The number of rotatable bonds is 8. The largest absolute Gasteiger partial charge is 0.503 e. The summed E-state index contributed by atoms with van der Waals surface area (Å²) in [6.07, 6.45) is 15.3. The minimum absolute atomic E-state index is 0.384. The third-order valence-electron chi connectivity index (χ3n) is 5.64. The van der Waals surface area contributed by atoms with E-state index in [0.717, 1.165) is 25.4 Å². The van der Waals surface area contributed by atoms with Crippen molar-refractivity contribution in [3.63, 3.8) is 0 Å². The summed E-state index contributed by atoms with van der Waals surface area (Å²) < 4.78 is 0. The van der Waals surface area contributed by atoms with Crippen LogP contribution in [0.2, 0.25) is 0 Å². The van der Waals surface area contributed by atoms with E-state index in [1.807, 2.05) is 0 Å². The van der Waals surface area contributed by atoms with Crippen LogP contribution in [-0.2, 0) is 4.79 Å². The highest BCUT2D eigenvalue weighted by atomic mass is 16.3. The molecule has 7 heteroatoms. The van der Waals surface area contributed by atoms with E-state index in [9.17, 15) is 9.90 Å². The number of primary amides is 1. The standard InChI is InChI=1S/C20H31N5O2/c21-20(27)18(26)11-17-12-23-19(13-22-17)24-16-8-10-25(14-16)9-4-7-15-5-2-1-3-6-15/h11-13,15-16,26H,1-10,14H2,(H2,21,27)(H,23,24)/t16-/m1/s1. The van der Waals surface area contributed by atoms with Gasteiger partial charge in [0.25, 0.3) is 5.91 Å². The van der Waals surface area contributed by atoms with Crippen molar-refractivity contribution >= 4 is 17.8 Å². The van der Waals surface area contributed by atoms with Gasteiger partial charge in [0.1, 0.15) is 5.82 Å². The fourth-order valence-electron chi connectivity index (χ4n) is 4.14. The Kier molecular flexibility index (Phi) is 7.04. The van der Waals surface area contributed by atoms with Gasteiger partial charge in [-0.25, -0.2) is 4.98 Å². The number of carbonyl (C=O) groups excluding carboxylic acids is 1. The first-order chi connectivity index (χ1) is 13.1. The Balaban J connectivity index is 1.39. The number of nitrogens with zero attached hydrogens (tertiary/aromatic N) is 3. The molecule has 1 aromatic heterocycles. The Bertz CT molecular complexity index is 640. The van der Waals surface area contributed by atoms with E-state index in [-0.39, 0.29) is 0 Å². The molecule has 0 aromatic carbocycles. The topological polar surface area (TPSA) is 104 Å². The lowest BCUT2D eigenvalue weighted by Gasteiger charge is -2.23. The maximum atomic E-state index is 10.8. The van der Waals surface area contributed by atoms with Crippen molar-refractivity contribution in [3.05, 3.63) is 23.8 Å². The van der Waals surface area contributed by atoms with Crippen LogP contribution >= 0.6 is 0 Å². The number of anilines is 1. The SMILES string of the molecule is NC(=O)C(O)=Cc1cnc(N[C@@H]2CCN(CCCC3CCCCC3)C2)cn1. The molecular weight excluding hydrogens is 342 g/mol. The molecule has 27 heavy (non-hydrogen) atoms. The minimum atomic E-state index is -0.881. The first kappa shape index (κ1) is 19.6. The second kappa shape index (κ2) is 9.69. The number of nitrogens with two attached hydrogens (primary N) is 1. The van der Waals surface area contributed by atoms with Crippen molar-refractivity contribution in [3.8, 4) is 0 Å². The van der Waals surface area contributed by atoms with Crippen LogP contribution in [0.25, 0.3) is 6.08 Å². The first-order valence-electron chi connectivity index (χ1n) is 10.1. The minimum Gasteiger partial charge on any atom is -0.503 e. The van der Waals surface area contributed by atoms with Gasteiger partial charge in [0.15, 0.2) is 5.76 Å². The van der Waals surface area contributed by atoms with Crippen LogP contribution in [-0.4, -0.2) is 51.6 Å². The van der Waals surface area contributed by atoms with Crippen molar-refractivity contribution < 1.29 is 9.90 Å². The molecule has 2 heterocycles. The average Bonchev–Trinajstić information content (AvgIpc) is 3.11. The van der Waals surface area contributed by atoms with Crippen molar-refractivity contribution in [2.24, 2.45) is 11.7 Å². The molecule has 1 saturated heterocycles. The van der Waals surface area contributed by atoms with Crippen LogP contribution in [0.3, 0.4) is 0 Å². The van der Waals surface area contributed by atoms with Gasteiger partial charge in [0.05, 0.1) is 18.1 Å². The van der Waals surface area contributed by atoms with Crippen LogP contribution in [0.5, 0.6) is 0 Å². The molecule has 0 unspecified atom stereocenters. The van der Waals surface area contributed by atoms with Crippen molar-refractivity contribution in [1.29, 1.82) is 0 Å². The zero-order valence-corrected chi connectivity index (χ0v) is 15.9. The zero-order valence-electron chi connectivity index (χ0n) is 15.9. The van der Waals surface area contributed by atoms with E-state index in [1.54, 1.807) is 6.20 Å². The second-order valence-corrected chi connectivity index (χ2v) is 7.80. The molecule has 1 amide bonds. The zero-order chi connectivity index (χ0) is 19.1. The summed E-state index contributed by atoms with van der Waals surface area (Å²) in [5.41, 5.74) is 5.39. The predicted molar refractivity (Wildman–Crippen MR) is 106 cm³/mol. The molecule has 1 aliphatic carbocycles. The maximum absolute atomic E-state index is 10.8. The first-order valence-corrected chi connectivity index (χ1v) is 10.1. The maximum Gasteiger partial charge on any atom is 0.283 e. The Morgan fingerprint density at radius 3 is 2.78 bits per heavy atom. The predicted octanol–water partition coefficient (Wildman–Crippen LogP) is 2.71. The number of nitrogens with one attached hydrogen (secondary N) is 1.